The van der Waals surface area contributed by atoms with Crippen molar-refractivity contribution in [2.75, 3.05) is 6.61 Å². The average Bonchev–Trinajstić information content (AvgIpc) is 3.40. The van der Waals surface area contributed by atoms with Crippen molar-refractivity contribution in [1.82, 2.24) is 0 Å². The zero-order valence-corrected chi connectivity index (χ0v) is 14.0. The van der Waals surface area contributed by atoms with E-state index in [9.17, 15) is 4.79 Å². The van der Waals surface area contributed by atoms with E-state index in [1.165, 1.54) is 6.07 Å². The molecule has 0 N–H and O–H groups in total. The highest BCUT2D eigenvalue weighted by atomic mass is 16.6. The van der Waals surface area contributed by atoms with Crippen LogP contribution in [0.3, 0.4) is 0 Å². The van der Waals surface area contributed by atoms with Gasteiger partial charge in [0, 0.05) is 11.5 Å². The van der Waals surface area contributed by atoms with Gasteiger partial charge >= 0.3 is 5.63 Å². The average molecular weight is 328 g/mol. The molecular formula is C19H20O5. The fourth-order valence-corrected chi connectivity index (χ4v) is 2.97. The second kappa shape index (κ2) is 5.19. The maximum absolute atomic E-state index is 11.7. The molecule has 2 fully saturated rings. The van der Waals surface area contributed by atoms with Crippen molar-refractivity contribution in [3.05, 3.63) is 52.4 Å². The van der Waals surface area contributed by atoms with Crippen LogP contribution in [0.25, 0.3) is 11.0 Å². The van der Waals surface area contributed by atoms with Crippen LogP contribution in [0.2, 0.25) is 0 Å². The van der Waals surface area contributed by atoms with E-state index < -0.39 is 0 Å². The molecular weight excluding hydrogens is 308 g/mol. The van der Waals surface area contributed by atoms with Gasteiger partial charge in [-0.3, -0.25) is 0 Å². The van der Waals surface area contributed by atoms with Crippen LogP contribution < -0.4 is 10.4 Å². The third-order valence-corrected chi connectivity index (χ3v) is 4.60. The van der Waals surface area contributed by atoms with Gasteiger partial charge in [-0.15, -0.1) is 0 Å². The summed E-state index contributed by atoms with van der Waals surface area (Å²) < 4.78 is 22.7. The summed E-state index contributed by atoms with van der Waals surface area (Å²) in [5.74, 6) is 0.664. The van der Waals surface area contributed by atoms with Crippen LogP contribution in [0.15, 0.2) is 45.6 Å². The molecule has 1 aromatic carbocycles. The zero-order valence-electron chi connectivity index (χ0n) is 14.0. The lowest BCUT2D eigenvalue weighted by Crippen LogP contribution is -2.13. The predicted octanol–water partition coefficient (Wildman–Crippen LogP) is 3.37. The van der Waals surface area contributed by atoms with Gasteiger partial charge in [0.15, 0.2) is 0 Å². The molecule has 0 amide bonds. The van der Waals surface area contributed by atoms with Gasteiger partial charge < -0.3 is 18.6 Å². The number of ether oxygens (including phenoxy) is 3. The molecule has 1 aromatic heterocycles. The van der Waals surface area contributed by atoms with E-state index in [2.05, 4.69) is 6.58 Å². The number of epoxide rings is 2. The zero-order chi connectivity index (χ0) is 17.1. The van der Waals surface area contributed by atoms with Gasteiger partial charge in [-0.1, -0.05) is 6.58 Å². The first-order chi connectivity index (χ1) is 11.4. The van der Waals surface area contributed by atoms with E-state index in [0.29, 0.717) is 17.9 Å². The van der Waals surface area contributed by atoms with Crippen LogP contribution in [0.5, 0.6) is 5.75 Å². The first-order valence-electron chi connectivity index (χ1n) is 8.05. The maximum atomic E-state index is 11.7. The Morgan fingerprint density at radius 2 is 2.00 bits per heavy atom. The number of fused-ring (bicyclic) bond motifs is 1. The lowest BCUT2D eigenvalue weighted by Gasteiger charge is -2.11. The summed E-state index contributed by atoms with van der Waals surface area (Å²) in [4.78, 5) is 11.7. The van der Waals surface area contributed by atoms with Crippen LogP contribution >= 0.6 is 0 Å². The van der Waals surface area contributed by atoms with E-state index in [1.54, 1.807) is 6.07 Å². The van der Waals surface area contributed by atoms with Crippen molar-refractivity contribution in [3.63, 3.8) is 0 Å². The Bertz CT molecular complexity index is 879. The number of hydrogen-bond acceptors (Lipinski definition) is 5. The fourth-order valence-electron chi connectivity index (χ4n) is 2.97. The van der Waals surface area contributed by atoms with E-state index in [1.807, 2.05) is 32.9 Å². The molecule has 4 rings (SSSR count). The molecule has 24 heavy (non-hydrogen) atoms. The minimum atomic E-state index is -0.389. The lowest BCUT2D eigenvalue weighted by molar-refractivity contribution is 0.251. The van der Waals surface area contributed by atoms with Crippen LogP contribution in [0, 0.1) is 0 Å². The largest absolute Gasteiger partial charge is 0.490 e. The van der Waals surface area contributed by atoms with E-state index in [0.717, 1.165) is 16.5 Å². The molecule has 3 heterocycles. The van der Waals surface area contributed by atoms with Crippen molar-refractivity contribution in [3.8, 4) is 5.75 Å². The van der Waals surface area contributed by atoms with Crippen LogP contribution in [-0.2, 0) is 9.47 Å². The normalized spacial score (nSPS) is 27.0. The highest BCUT2D eigenvalue weighted by Gasteiger charge is 2.49. The smallest absolute Gasteiger partial charge is 0.336 e. The summed E-state index contributed by atoms with van der Waals surface area (Å²) in [6, 6.07) is 6.94. The minimum absolute atomic E-state index is 0.0703. The Morgan fingerprint density at radius 1 is 1.29 bits per heavy atom. The molecule has 2 aliphatic rings. The molecule has 2 saturated heterocycles. The Balaban J connectivity index is 1.72. The third-order valence-electron chi connectivity index (χ3n) is 4.60. The number of benzene rings is 1. The molecule has 0 spiro atoms. The predicted molar refractivity (Wildman–Crippen MR) is 89.4 cm³/mol. The summed E-state index contributed by atoms with van der Waals surface area (Å²) in [6.45, 7) is 10.4. The third kappa shape index (κ3) is 2.64. The summed E-state index contributed by atoms with van der Waals surface area (Å²) in [6.07, 6.45) is -0.196. The van der Waals surface area contributed by atoms with Crippen molar-refractivity contribution in [1.29, 1.82) is 0 Å². The number of rotatable bonds is 5. The van der Waals surface area contributed by atoms with Gasteiger partial charge in [-0.2, -0.15) is 0 Å². The summed E-state index contributed by atoms with van der Waals surface area (Å²) >= 11 is 0. The van der Waals surface area contributed by atoms with Gasteiger partial charge in [-0.05, 0) is 44.5 Å². The van der Waals surface area contributed by atoms with Crippen LogP contribution in [0.1, 0.15) is 32.4 Å². The second-order valence-corrected chi connectivity index (χ2v) is 6.99. The summed E-state index contributed by atoms with van der Waals surface area (Å²) in [5.41, 5.74) is 1.70. The van der Waals surface area contributed by atoms with E-state index >= 15 is 0 Å². The van der Waals surface area contributed by atoms with Gasteiger partial charge in [0.2, 0.25) is 0 Å². The monoisotopic (exact) mass is 328 g/mol. The van der Waals surface area contributed by atoms with Gasteiger partial charge in [0.1, 0.15) is 36.3 Å². The Labute approximate surface area is 139 Å². The highest BCUT2D eigenvalue weighted by Crippen LogP contribution is 2.49. The molecule has 3 atom stereocenters. The molecule has 0 unspecified atom stereocenters. The fraction of sp³-hybridized carbons (Fsp3) is 0.421. The molecule has 0 aliphatic carbocycles. The molecule has 126 valence electrons. The van der Waals surface area contributed by atoms with Crippen LogP contribution in [0.4, 0.5) is 0 Å². The Morgan fingerprint density at radius 3 is 2.62 bits per heavy atom. The summed E-state index contributed by atoms with van der Waals surface area (Å²) in [5, 5.41) is 0.843. The molecule has 5 nitrogen and oxygen atoms in total. The van der Waals surface area contributed by atoms with Crippen LogP contribution in [-0.4, -0.2) is 24.4 Å². The maximum Gasteiger partial charge on any atom is 0.336 e. The Hall–Kier alpha value is -2.11. The minimum Gasteiger partial charge on any atom is -0.490 e. The Kier molecular flexibility index (Phi) is 3.34. The highest BCUT2D eigenvalue weighted by molar-refractivity contribution is 5.83. The molecule has 5 heteroatoms. The standard InChI is InChI=1S/C19H20O5/c1-10(2)16-18(23-16)15-12(21-9-13-19(3,4)24-13)7-5-11-6-8-14(20)22-17(11)15/h5-8,13,16,18H,1,9H2,2-4H3/t13-,16-,18-/m0/s1. The van der Waals surface area contributed by atoms with Crippen molar-refractivity contribution in [2.45, 2.75) is 44.7 Å². The molecule has 0 saturated carbocycles. The van der Waals surface area contributed by atoms with Gasteiger partial charge in [0.05, 0.1) is 11.2 Å². The quantitative estimate of drug-likeness (QED) is 0.478. The second-order valence-electron chi connectivity index (χ2n) is 6.99. The first kappa shape index (κ1) is 15.4. The van der Waals surface area contributed by atoms with Crippen molar-refractivity contribution >= 4 is 11.0 Å². The molecule has 0 bridgehead atoms. The number of hydrogen-bond donors (Lipinski definition) is 0. The topological polar surface area (TPSA) is 64.5 Å². The van der Waals surface area contributed by atoms with Crippen molar-refractivity contribution in [2.24, 2.45) is 0 Å². The molecule has 2 aliphatic heterocycles. The molecule has 0 radical (unpaired) electrons. The van der Waals surface area contributed by atoms with Gasteiger partial charge in [-0.25, -0.2) is 4.79 Å². The van der Waals surface area contributed by atoms with Gasteiger partial charge in [0.25, 0.3) is 0 Å². The molecule has 2 aromatic rings. The van der Waals surface area contributed by atoms with Crippen molar-refractivity contribution < 1.29 is 18.6 Å². The SMILES string of the molecule is C=C(C)[C@@H]1O[C@H]1c1c(OC[C@@H]2OC2(C)C)ccc2ccc(=O)oc12. The summed E-state index contributed by atoms with van der Waals surface area (Å²) in [7, 11) is 0. The first-order valence-corrected chi connectivity index (χ1v) is 8.05. The lowest BCUT2D eigenvalue weighted by atomic mass is 10.0. The van der Waals surface area contributed by atoms with E-state index in [4.69, 9.17) is 18.6 Å². The van der Waals surface area contributed by atoms with E-state index in [-0.39, 0.29) is 29.5 Å².